The smallest absolute Gasteiger partial charge is 0.221 e. The van der Waals surface area contributed by atoms with Crippen molar-refractivity contribution >= 4 is 5.91 Å². The molecule has 0 rings (SSSR count). The average molecular weight is 186 g/mol. The topological polar surface area (TPSA) is 32.3 Å². The number of hydrogen-bond donors (Lipinski definition) is 1. The maximum atomic E-state index is 11.3. The van der Waals surface area contributed by atoms with Gasteiger partial charge < -0.3 is 10.2 Å². The van der Waals surface area contributed by atoms with Gasteiger partial charge in [-0.1, -0.05) is 20.8 Å². The van der Waals surface area contributed by atoms with Crippen LogP contribution in [0.4, 0.5) is 0 Å². The fourth-order valence-corrected chi connectivity index (χ4v) is 0.777. The minimum Gasteiger partial charge on any atom is -0.356 e. The second-order valence-electron chi connectivity index (χ2n) is 4.89. The van der Waals surface area contributed by atoms with E-state index in [1.165, 1.54) is 0 Å². The first-order valence-electron chi connectivity index (χ1n) is 4.73. The quantitative estimate of drug-likeness (QED) is 0.713. The van der Waals surface area contributed by atoms with E-state index in [1.54, 1.807) is 0 Å². The summed E-state index contributed by atoms with van der Waals surface area (Å²) in [5.41, 5.74) is 0.174. The molecule has 78 valence electrons. The lowest BCUT2D eigenvalue weighted by Crippen LogP contribution is -2.33. The number of nitrogens with zero attached hydrogens (tertiary/aromatic N) is 1. The molecule has 0 aromatic carbocycles. The Morgan fingerprint density at radius 3 is 2.23 bits per heavy atom. The van der Waals surface area contributed by atoms with Crippen molar-refractivity contribution in [1.82, 2.24) is 10.2 Å². The van der Waals surface area contributed by atoms with Gasteiger partial charge in [0.1, 0.15) is 0 Å². The maximum Gasteiger partial charge on any atom is 0.221 e. The van der Waals surface area contributed by atoms with Crippen LogP contribution in [0.2, 0.25) is 0 Å². The highest BCUT2D eigenvalue weighted by molar-refractivity contribution is 5.76. The number of carbonyl (C=O) groups excluding carboxylic acids is 1. The zero-order valence-corrected chi connectivity index (χ0v) is 9.48. The summed E-state index contributed by atoms with van der Waals surface area (Å²) in [5.74, 6) is 0.142. The number of nitrogens with one attached hydrogen (secondary N) is 1. The fourth-order valence-electron chi connectivity index (χ4n) is 0.777. The average Bonchev–Trinajstić information content (AvgIpc) is 1.95. The first-order chi connectivity index (χ1) is 5.81. The van der Waals surface area contributed by atoms with Gasteiger partial charge in [0, 0.05) is 19.5 Å². The van der Waals surface area contributed by atoms with E-state index in [0.29, 0.717) is 6.42 Å². The van der Waals surface area contributed by atoms with E-state index in [0.717, 1.165) is 13.1 Å². The van der Waals surface area contributed by atoms with E-state index in [9.17, 15) is 4.79 Å². The van der Waals surface area contributed by atoms with Crippen LogP contribution in [-0.4, -0.2) is 38.0 Å². The van der Waals surface area contributed by atoms with E-state index in [1.807, 2.05) is 19.0 Å². The van der Waals surface area contributed by atoms with Gasteiger partial charge in [0.15, 0.2) is 0 Å². The van der Waals surface area contributed by atoms with E-state index < -0.39 is 0 Å². The molecule has 0 heterocycles. The van der Waals surface area contributed by atoms with Gasteiger partial charge in [0.25, 0.3) is 0 Å². The molecule has 0 aromatic heterocycles. The molecule has 0 saturated carbocycles. The molecule has 0 aliphatic rings. The highest BCUT2D eigenvalue weighted by Gasteiger charge is 2.11. The summed E-state index contributed by atoms with van der Waals surface area (Å²) in [6.07, 6.45) is 0.586. The molecule has 0 unspecified atom stereocenters. The van der Waals surface area contributed by atoms with E-state index in [-0.39, 0.29) is 11.3 Å². The third kappa shape index (κ3) is 9.34. The standard InChI is InChI=1S/C10H22N2O/c1-10(2,3)8-11-9(13)6-7-12(4)5/h6-8H2,1-5H3,(H,11,13). The van der Waals surface area contributed by atoms with Gasteiger partial charge in [-0.3, -0.25) is 4.79 Å². The van der Waals surface area contributed by atoms with Crippen LogP contribution in [-0.2, 0) is 4.79 Å². The van der Waals surface area contributed by atoms with E-state index in [4.69, 9.17) is 0 Å². The second-order valence-corrected chi connectivity index (χ2v) is 4.89. The van der Waals surface area contributed by atoms with Crippen LogP contribution in [0.15, 0.2) is 0 Å². The van der Waals surface area contributed by atoms with Crippen molar-refractivity contribution in [2.24, 2.45) is 5.41 Å². The molecule has 0 bridgehead atoms. The van der Waals surface area contributed by atoms with Crippen LogP contribution in [0.5, 0.6) is 0 Å². The van der Waals surface area contributed by atoms with Gasteiger partial charge in [-0.15, -0.1) is 0 Å². The van der Waals surface area contributed by atoms with Crippen LogP contribution in [0, 0.1) is 5.41 Å². The van der Waals surface area contributed by atoms with Gasteiger partial charge in [-0.25, -0.2) is 0 Å². The van der Waals surface area contributed by atoms with Gasteiger partial charge in [0.05, 0.1) is 0 Å². The summed E-state index contributed by atoms with van der Waals surface area (Å²) in [6.45, 7) is 7.90. The van der Waals surface area contributed by atoms with Gasteiger partial charge in [-0.05, 0) is 19.5 Å². The first-order valence-corrected chi connectivity index (χ1v) is 4.73. The highest BCUT2D eigenvalue weighted by atomic mass is 16.1. The summed E-state index contributed by atoms with van der Waals surface area (Å²) >= 11 is 0. The van der Waals surface area contributed by atoms with Crippen molar-refractivity contribution < 1.29 is 4.79 Å². The number of rotatable bonds is 4. The molecule has 1 amide bonds. The molecule has 0 fully saturated rings. The van der Waals surface area contributed by atoms with Crippen molar-refractivity contribution in [1.29, 1.82) is 0 Å². The second kappa shape index (κ2) is 5.22. The van der Waals surface area contributed by atoms with Crippen molar-refractivity contribution in [2.75, 3.05) is 27.2 Å². The molecule has 0 aliphatic heterocycles. The molecule has 3 heteroatoms. The minimum absolute atomic E-state index is 0.142. The molecule has 0 radical (unpaired) electrons. The highest BCUT2D eigenvalue weighted by Crippen LogP contribution is 2.10. The molecule has 0 spiro atoms. The Balaban J connectivity index is 3.53. The van der Waals surface area contributed by atoms with Crippen molar-refractivity contribution in [3.8, 4) is 0 Å². The zero-order valence-electron chi connectivity index (χ0n) is 9.48. The number of carbonyl (C=O) groups is 1. The maximum absolute atomic E-state index is 11.3. The summed E-state index contributed by atoms with van der Waals surface area (Å²) in [7, 11) is 3.94. The van der Waals surface area contributed by atoms with Crippen LogP contribution in [0.25, 0.3) is 0 Å². The third-order valence-corrected chi connectivity index (χ3v) is 1.60. The summed E-state index contributed by atoms with van der Waals surface area (Å²) in [5, 5.41) is 2.91. The van der Waals surface area contributed by atoms with Crippen molar-refractivity contribution in [3.63, 3.8) is 0 Å². The third-order valence-electron chi connectivity index (χ3n) is 1.60. The summed E-state index contributed by atoms with van der Waals surface area (Å²) < 4.78 is 0. The Morgan fingerprint density at radius 2 is 1.85 bits per heavy atom. The van der Waals surface area contributed by atoms with Gasteiger partial charge in [0.2, 0.25) is 5.91 Å². The molecule has 0 aromatic rings. The Bertz CT molecular complexity index is 159. The molecular weight excluding hydrogens is 164 g/mol. The van der Waals surface area contributed by atoms with E-state index >= 15 is 0 Å². The SMILES string of the molecule is CN(C)CCC(=O)NCC(C)(C)C. The van der Waals surface area contributed by atoms with Gasteiger partial charge in [-0.2, -0.15) is 0 Å². The summed E-state index contributed by atoms with van der Waals surface area (Å²) in [6, 6.07) is 0. The van der Waals surface area contributed by atoms with Crippen molar-refractivity contribution in [3.05, 3.63) is 0 Å². The first kappa shape index (κ1) is 12.4. The Kier molecular flexibility index (Phi) is 4.99. The Labute approximate surface area is 81.5 Å². The lowest BCUT2D eigenvalue weighted by molar-refractivity contribution is -0.121. The zero-order chi connectivity index (χ0) is 10.5. The molecule has 0 aliphatic carbocycles. The largest absolute Gasteiger partial charge is 0.356 e. The molecule has 0 saturated heterocycles. The molecular formula is C10H22N2O. The molecule has 13 heavy (non-hydrogen) atoms. The Morgan fingerprint density at radius 1 is 1.31 bits per heavy atom. The predicted octanol–water partition coefficient (Wildman–Crippen LogP) is 1.10. The lowest BCUT2D eigenvalue weighted by atomic mass is 9.97. The predicted molar refractivity (Wildman–Crippen MR) is 55.6 cm³/mol. The lowest BCUT2D eigenvalue weighted by Gasteiger charge is -2.19. The molecule has 3 nitrogen and oxygen atoms in total. The molecule has 0 atom stereocenters. The normalized spacial score (nSPS) is 11.8. The monoisotopic (exact) mass is 186 g/mol. The van der Waals surface area contributed by atoms with Crippen LogP contribution in [0.1, 0.15) is 27.2 Å². The van der Waals surface area contributed by atoms with Gasteiger partial charge >= 0.3 is 0 Å². The minimum atomic E-state index is 0.142. The number of amides is 1. The van der Waals surface area contributed by atoms with Crippen molar-refractivity contribution in [2.45, 2.75) is 27.2 Å². The number of hydrogen-bond acceptors (Lipinski definition) is 2. The fraction of sp³-hybridized carbons (Fsp3) is 0.900. The van der Waals surface area contributed by atoms with E-state index in [2.05, 4.69) is 26.1 Å². The summed E-state index contributed by atoms with van der Waals surface area (Å²) in [4.78, 5) is 13.3. The van der Waals surface area contributed by atoms with Crippen LogP contribution >= 0.6 is 0 Å². The molecule has 1 N–H and O–H groups in total. The van der Waals surface area contributed by atoms with Crippen LogP contribution < -0.4 is 5.32 Å². The Hall–Kier alpha value is -0.570. The van der Waals surface area contributed by atoms with Crippen LogP contribution in [0.3, 0.4) is 0 Å².